The second-order valence-electron chi connectivity index (χ2n) is 4.34. The Morgan fingerprint density at radius 2 is 1.17 bits per heavy atom. The van der Waals surface area contributed by atoms with E-state index in [1.807, 2.05) is 0 Å². The van der Waals surface area contributed by atoms with Crippen LogP contribution in [0.25, 0.3) is 0 Å². The number of phenols is 2. The second-order valence-corrected chi connectivity index (χ2v) is 6.34. The summed E-state index contributed by atoms with van der Waals surface area (Å²) in [5.74, 6) is -6.19. The van der Waals surface area contributed by atoms with Crippen molar-refractivity contribution in [1.82, 2.24) is 0 Å². The molecule has 0 heterocycles. The van der Waals surface area contributed by atoms with Gasteiger partial charge in [-0.3, -0.25) is 0 Å². The first kappa shape index (κ1) is 18.7. The summed E-state index contributed by atoms with van der Waals surface area (Å²) in [6, 6.07) is 1.26. The van der Waals surface area contributed by atoms with Gasteiger partial charge in [-0.25, -0.2) is 17.6 Å². The second kappa shape index (κ2) is 7.11. The number of phenolic OH excluding ortho intramolecular Hbond substituents is 2. The number of aromatic hydroxyl groups is 2. The molecule has 0 radical (unpaired) electrons. The molecule has 0 saturated carbocycles. The summed E-state index contributed by atoms with van der Waals surface area (Å²) >= 11 is 10.1. The van der Waals surface area contributed by atoms with Gasteiger partial charge in [0.15, 0.2) is 39.9 Å². The van der Waals surface area contributed by atoms with Crippen molar-refractivity contribution in [3.05, 3.63) is 44.3 Å². The Morgan fingerprint density at radius 1 is 0.833 bits per heavy atom. The molecule has 4 nitrogen and oxygen atoms in total. The maximum absolute atomic E-state index is 13.9. The molecular weight excluding hydrogens is 484 g/mol. The Kier molecular flexibility index (Phi) is 5.56. The van der Waals surface area contributed by atoms with E-state index in [4.69, 9.17) is 12.2 Å². The van der Waals surface area contributed by atoms with Crippen LogP contribution in [-0.2, 0) is 0 Å². The summed E-state index contributed by atoms with van der Waals surface area (Å²) in [4.78, 5) is 0. The Hall–Kier alpha value is -1.59. The standard InChI is InChI=1S/C13H6Br2F4N2O2S/c14-7-9(18)5(1-3(16)11(7)22)20-13(24)21-6-2-4(17)12(23)8(15)10(6)19/h1-2,22-23H,(H2,20,21,24). The molecule has 24 heavy (non-hydrogen) atoms. The van der Waals surface area contributed by atoms with E-state index in [9.17, 15) is 27.8 Å². The first-order valence-corrected chi connectivity index (χ1v) is 7.93. The zero-order chi connectivity index (χ0) is 18.2. The molecule has 11 heteroatoms. The predicted molar refractivity (Wildman–Crippen MR) is 91.3 cm³/mol. The molecule has 0 saturated heterocycles. The van der Waals surface area contributed by atoms with Crippen molar-refractivity contribution in [2.75, 3.05) is 10.6 Å². The molecule has 128 valence electrons. The Bertz CT molecular complexity index is 784. The van der Waals surface area contributed by atoms with Crippen LogP contribution < -0.4 is 10.6 Å². The van der Waals surface area contributed by atoms with E-state index in [2.05, 4.69) is 42.5 Å². The Balaban J connectivity index is 2.27. The average Bonchev–Trinajstić information content (AvgIpc) is 2.53. The molecule has 0 amide bonds. The summed E-state index contributed by atoms with van der Waals surface area (Å²) in [5, 5.41) is 22.6. The number of hydrogen-bond donors (Lipinski definition) is 4. The van der Waals surface area contributed by atoms with E-state index in [1.54, 1.807) is 0 Å². The first-order valence-electron chi connectivity index (χ1n) is 5.94. The molecule has 0 aromatic heterocycles. The number of nitrogens with one attached hydrogen (secondary N) is 2. The number of anilines is 2. The molecule has 0 bridgehead atoms. The zero-order valence-corrected chi connectivity index (χ0v) is 15.2. The van der Waals surface area contributed by atoms with Crippen LogP contribution in [0.4, 0.5) is 28.9 Å². The fraction of sp³-hybridized carbons (Fsp3) is 0. The third kappa shape index (κ3) is 3.57. The fourth-order valence-corrected chi connectivity index (χ4v) is 2.65. The quantitative estimate of drug-likeness (QED) is 0.207. The number of rotatable bonds is 2. The molecule has 0 unspecified atom stereocenters. The van der Waals surface area contributed by atoms with Crippen molar-refractivity contribution in [2.24, 2.45) is 0 Å². The fourth-order valence-electron chi connectivity index (χ4n) is 1.63. The van der Waals surface area contributed by atoms with Gasteiger partial charge in [-0.15, -0.1) is 0 Å². The van der Waals surface area contributed by atoms with Crippen molar-refractivity contribution in [1.29, 1.82) is 0 Å². The molecule has 0 aliphatic carbocycles. The number of halogens is 6. The molecule has 0 aliphatic heterocycles. The highest BCUT2D eigenvalue weighted by atomic mass is 79.9. The third-order valence-corrected chi connectivity index (χ3v) is 4.42. The van der Waals surface area contributed by atoms with Crippen LogP contribution in [0.5, 0.6) is 11.5 Å². The van der Waals surface area contributed by atoms with Crippen molar-refractivity contribution in [3.63, 3.8) is 0 Å². The highest BCUT2D eigenvalue weighted by molar-refractivity contribution is 9.11. The van der Waals surface area contributed by atoms with Crippen LogP contribution in [0.2, 0.25) is 0 Å². The smallest absolute Gasteiger partial charge is 0.175 e. The van der Waals surface area contributed by atoms with Gasteiger partial charge in [-0.1, -0.05) is 0 Å². The van der Waals surface area contributed by atoms with Gasteiger partial charge in [0.25, 0.3) is 0 Å². The van der Waals surface area contributed by atoms with Gasteiger partial charge < -0.3 is 20.8 Å². The lowest BCUT2D eigenvalue weighted by Crippen LogP contribution is -2.21. The minimum Gasteiger partial charge on any atom is -0.504 e. The third-order valence-electron chi connectivity index (χ3n) is 2.77. The maximum atomic E-state index is 13.9. The maximum Gasteiger partial charge on any atom is 0.175 e. The van der Waals surface area contributed by atoms with Gasteiger partial charge in [0.1, 0.15) is 8.95 Å². The molecule has 2 aromatic rings. The first-order chi connectivity index (χ1) is 11.1. The van der Waals surface area contributed by atoms with E-state index in [-0.39, 0.29) is 5.11 Å². The Morgan fingerprint density at radius 3 is 1.50 bits per heavy atom. The SMILES string of the molecule is Oc1c(F)cc(NC(=S)Nc2cc(F)c(O)c(Br)c2F)c(F)c1Br. The van der Waals surface area contributed by atoms with Crippen LogP contribution in [-0.4, -0.2) is 15.3 Å². The van der Waals surface area contributed by atoms with Crippen LogP contribution in [0, 0.1) is 23.3 Å². The van der Waals surface area contributed by atoms with Crippen LogP contribution >= 0.6 is 44.1 Å². The molecular formula is C13H6Br2F4N2O2S. The lowest BCUT2D eigenvalue weighted by molar-refractivity contribution is 0.422. The summed E-state index contributed by atoms with van der Waals surface area (Å²) in [5.41, 5.74) is -0.901. The zero-order valence-electron chi connectivity index (χ0n) is 11.2. The Labute approximate surface area is 154 Å². The molecule has 2 rings (SSSR count). The number of benzene rings is 2. The molecule has 2 aromatic carbocycles. The van der Waals surface area contributed by atoms with Crippen molar-refractivity contribution < 1.29 is 27.8 Å². The lowest BCUT2D eigenvalue weighted by Gasteiger charge is -2.14. The molecule has 0 aliphatic rings. The predicted octanol–water partition coefficient (Wildman–Crippen LogP) is 4.99. The lowest BCUT2D eigenvalue weighted by atomic mass is 10.2. The highest BCUT2D eigenvalue weighted by Gasteiger charge is 2.19. The largest absolute Gasteiger partial charge is 0.504 e. The van der Waals surface area contributed by atoms with Crippen LogP contribution in [0.15, 0.2) is 21.1 Å². The average molecular weight is 490 g/mol. The minimum atomic E-state index is -1.13. The van der Waals surface area contributed by atoms with Crippen molar-refractivity contribution in [2.45, 2.75) is 0 Å². The van der Waals surface area contributed by atoms with Crippen LogP contribution in [0.3, 0.4) is 0 Å². The normalized spacial score (nSPS) is 10.6. The summed E-state index contributed by atoms with van der Waals surface area (Å²) in [7, 11) is 0. The van der Waals surface area contributed by atoms with Gasteiger partial charge in [-0.05, 0) is 44.1 Å². The van der Waals surface area contributed by atoms with E-state index in [0.717, 1.165) is 0 Å². The van der Waals surface area contributed by atoms with Gasteiger partial charge in [0, 0.05) is 12.1 Å². The van der Waals surface area contributed by atoms with Crippen molar-refractivity contribution in [3.8, 4) is 11.5 Å². The van der Waals surface area contributed by atoms with Gasteiger partial charge in [0.05, 0.1) is 11.4 Å². The molecule has 0 spiro atoms. The summed E-state index contributed by atoms with van der Waals surface area (Å²) < 4.78 is 53.6. The van der Waals surface area contributed by atoms with Gasteiger partial charge in [0.2, 0.25) is 0 Å². The summed E-state index contributed by atoms with van der Waals surface area (Å²) in [6.45, 7) is 0. The minimum absolute atomic E-state index is 0.387. The van der Waals surface area contributed by atoms with Crippen LogP contribution in [0.1, 0.15) is 0 Å². The molecule has 0 fully saturated rings. The number of hydrogen-bond acceptors (Lipinski definition) is 3. The van der Waals surface area contributed by atoms with E-state index in [0.29, 0.717) is 12.1 Å². The monoisotopic (exact) mass is 488 g/mol. The summed E-state index contributed by atoms with van der Waals surface area (Å²) in [6.07, 6.45) is 0. The van der Waals surface area contributed by atoms with E-state index < -0.39 is 55.1 Å². The molecule has 0 atom stereocenters. The topological polar surface area (TPSA) is 64.5 Å². The van der Waals surface area contributed by atoms with Crippen molar-refractivity contribution >= 4 is 60.6 Å². The van der Waals surface area contributed by atoms with E-state index >= 15 is 0 Å². The van der Waals surface area contributed by atoms with Gasteiger partial charge in [-0.2, -0.15) is 0 Å². The van der Waals surface area contributed by atoms with Gasteiger partial charge >= 0.3 is 0 Å². The molecule has 4 N–H and O–H groups in total. The highest BCUT2D eigenvalue weighted by Crippen LogP contribution is 2.36. The number of thiocarbonyl (C=S) groups is 1. The van der Waals surface area contributed by atoms with E-state index in [1.165, 1.54) is 0 Å².